The number of methoxy groups -OCH3 is 1. The van der Waals surface area contributed by atoms with Gasteiger partial charge in [-0.25, -0.2) is 0 Å². The summed E-state index contributed by atoms with van der Waals surface area (Å²) in [7, 11) is 3.75. The number of benzene rings is 4. The van der Waals surface area contributed by atoms with E-state index in [1.165, 1.54) is 5.56 Å². The van der Waals surface area contributed by atoms with Gasteiger partial charge in [-0.2, -0.15) is 0 Å². The monoisotopic (exact) mass is 490 g/mol. The third-order valence-corrected chi connectivity index (χ3v) is 6.55. The van der Waals surface area contributed by atoms with Gasteiger partial charge in [-0.1, -0.05) is 54.6 Å². The van der Waals surface area contributed by atoms with Crippen molar-refractivity contribution in [3.8, 4) is 5.75 Å². The highest BCUT2D eigenvalue weighted by molar-refractivity contribution is 6.38. The van der Waals surface area contributed by atoms with Crippen molar-refractivity contribution in [1.29, 1.82) is 0 Å². The lowest BCUT2D eigenvalue weighted by Crippen LogP contribution is -2.17. The third kappa shape index (κ3) is 5.06. The Labute approximate surface area is 217 Å². The molecule has 5 rings (SSSR count). The van der Waals surface area contributed by atoms with Crippen molar-refractivity contribution in [2.45, 2.75) is 13.1 Å². The smallest absolute Gasteiger partial charge is 0.257 e. The number of nitrogens with zero attached hydrogens (tertiary/aromatic N) is 1. The van der Waals surface area contributed by atoms with Crippen LogP contribution >= 0.6 is 0 Å². The number of ether oxygens (including phenoxy) is 1. The average Bonchev–Trinajstić information content (AvgIpc) is 3.21. The first-order valence-electron chi connectivity index (χ1n) is 12.1. The van der Waals surface area contributed by atoms with Crippen LogP contribution in [0.1, 0.15) is 27.8 Å². The molecule has 1 aliphatic rings. The summed E-state index contributed by atoms with van der Waals surface area (Å²) >= 11 is 0. The van der Waals surface area contributed by atoms with Crippen LogP contribution in [0.5, 0.6) is 5.75 Å². The molecule has 0 spiro atoms. The zero-order valence-corrected chi connectivity index (χ0v) is 21.0. The molecule has 0 aromatic heterocycles. The molecule has 0 unspecified atom stereocenters. The van der Waals surface area contributed by atoms with Crippen LogP contribution in [0.25, 0.3) is 11.1 Å². The summed E-state index contributed by atoms with van der Waals surface area (Å²) in [5.74, 6) is 0.682. The molecule has 0 saturated carbocycles. The van der Waals surface area contributed by atoms with Crippen LogP contribution in [-0.2, 0) is 17.9 Å². The summed E-state index contributed by atoms with van der Waals surface area (Å²) in [6.07, 6.45) is 0. The van der Waals surface area contributed by atoms with E-state index in [1.54, 1.807) is 13.2 Å². The number of hydrogen-bond donors (Lipinski definition) is 3. The zero-order chi connectivity index (χ0) is 25.9. The second-order valence-corrected chi connectivity index (χ2v) is 9.32. The molecule has 0 atom stereocenters. The number of carbonyl (C=O) groups excluding carboxylic acids is 1. The minimum absolute atomic E-state index is 0.165. The summed E-state index contributed by atoms with van der Waals surface area (Å²) in [4.78, 5) is 15.4. The Morgan fingerprint density at radius 3 is 2.27 bits per heavy atom. The van der Waals surface area contributed by atoms with Crippen molar-refractivity contribution in [3.05, 3.63) is 119 Å². The lowest BCUT2D eigenvalue weighted by atomic mass is 9.88. The van der Waals surface area contributed by atoms with E-state index in [1.807, 2.05) is 66.7 Å². The van der Waals surface area contributed by atoms with Crippen LogP contribution in [0.3, 0.4) is 0 Å². The van der Waals surface area contributed by atoms with Gasteiger partial charge in [0.1, 0.15) is 5.75 Å². The first kappa shape index (κ1) is 24.2. The Bertz CT molecular complexity index is 1480. The molecular formula is C31H30N4O2. The summed E-state index contributed by atoms with van der Waals surface area (Å²) < 4.78 is 5.25. The Hall–Kier alpha value is -4.55. The molecule has 0 saturated heterocycles. The molecule has 0 aliphatic carbocycles. The maximum absolute atomic E-state index is 13.2. The van der Waals surface area contributed by atoms with E-state index < -0.39 is 0 Å². The van der Waals surface area contributed by atoms with Gasteiger partial charge in [0.05, 0.1) is 12.7 Å². The number of nitrogen functional groups attached to an aromatic ring is 2. The number of hydrogen-bond acceptors (Lipinski definition) is 5. The summed E-state index contributed by atoms with van der Waals surface area (Å²) in [6.45, 7) is 1.52. The van der Waals surface area contributed by atoms with Crippen molar-refractivity contribution < 1.29 is 9.53 Å². The van der Waals surface area contributed by atoms with E-state index in [0.29, 0.717) is 16.9 Å². The number of nitrogens with two attached hydrogens (primary N) is 2. The molecule has 186 valence electrons. The van der Waals surface area contributed by atoms with Crippen molar-refractivity contribution in [2.24, 2.45) is 0 Å². The number of fused-ring (bicyclic) bond motifs is 1. The summed E-state index contributed by atoms with van der Waals surface area (Å²) in [5, 5.41) is 2.97. The predicted octanol–water partition coefficient (Wildman–Crippen LogP) is 5.40. The predicted molar refractivity (Wildman–Crippen MR) is 151 cm³/mol. The molecule has 4 aromatic carbocycles. The SMILES string of the molecule is COc1ccc(CN(C)Cc2ccc(/C(=C3\C(=O)Nc4ccc(N)cc43)c3ccccc3)c(N)c2)cc1. The van der Waals surface area contributed by atoms with Gasteiger partial charge in [0.2, 0.25) is 0 Å². The molecule has 1 aliphatic heterocycles. The van der Waals surface area contributed by atoms with Crippen LogP contribution in [0.4, 0.5) is 17.1 Å². The largest absolute Gasteiger partial charge is 0.497 e. The Kier molecular flexibility index (Phi) is 6.66. The second-order valence-electron chi connectivity index (χ2n) is 9.32. The zero-order valence-electron chi connectivity index (χ0n) is 21.0. The van der Waals surface area contributed by atoms with Crippen molar-refractivity contribution >= 4 is 34.1 Å². The fourth-order valence-corrected chi connectivity index (χ4v) is 4.82. The third-order valence-electron chi connectivity index (χ3n) is 6.55. The molecule has 0 radical (unpaired) electrons. The van der Waals surface area contributed by atoms with Crippen LogP contribution in [0, 0.1) is 0 Å². The molecule has 4 aromatic rings. The summed E-state index contributed by atoms with van der Waals surface area (Å²) in [6, 6.07) is 29.5. The topological polar surface area (TPSA) is 93.6 Å². The molecule has 37 heavy (non-hydrogen) atoms. The first-order valence-corrected chi connectivity index (χ1v) is 12.1. The Balaban J connectivity index is 1.49. The molecule has 5 N–H and O–H groups in total. The fourth-order valence-electron chi connectivity index (χ4n) is 4.82. The molecule has 6 nitrogen and oxygen atoms in total. The van der Waals surface area contributed by atoms with Gasteiger partial charge in [-0.15, -0.1) is 0 Å². The molecular weight excluding hydrogens is 460 g/mol. The molecule has 0 fully saturated rings. The van der Waals surface area contributed by atoms with E-state index >= 15 is 0 Å². The van der Waals surface area contributed by atoms with E-state index in [9.17, 15) is 4.79 Å². The summed E-state index contributed by atoms with van der Waals surface area (Å²) in [5.41, 5.74) is 20.9. The normalized spacial score (nSPS) is 13.9. The highest BCUT2D eigenvalue weighted by Gasteiger charge is 2.29. The van der Waals surface area contributed by atoms with Gasteiger partial charge in [-0.3, -0.25) is 9.69 Å². The number of anilines is 3. The second kappa shape index (κ2) is 10.2. The Morgan fingerprint density at radius 2 is 1.57 bits per heavy atom. The molecule has 6 heteroatoms. The highest BCUT2D eigenvalue weighted by atomic mass is 16.5. The standard InChI is InChI=1S/C31H30N4O2/c1-35(18-20-8-12-24(37-2)13-9-20)19-21-10-14-25(27(33)16-21)29(22-6-4-3-5-7-22)30-26-17-23(32)11-15-28(26)34-31(30)36/h3-17H,18-19,32-33H2,1-2H3,(H,34,36)/b30-29-. The van der Waals surface area contributed by atoms with E-state index in [4.69, 9.17) is 16.2 Å². The van der Waals surface area contributed by atoms with Crippen LogP contribution in [0.2, 0.25) is 0 Å². The van der Waals surface area contributed by atoms with Crippen molar-refractivity contribution in [1.82, 2.24) is 4.90 Å². The molecule has 1 heterocycles. The van der Waals surface area contributed by atoms with Gasteiger partial charge < -0.3 is 21.5 Å². The Morgan fingerprint density at radius 1 is 0.865 bits per heavy atom. The van der Waals surface area contributed by atoms with Crippen LogP contribution in [0.15, 0.2) is 91.0 Å². The number of amides is 1. The minimum Gasteiger partial charge on any atom is -0.497 e. The van der Waals surface area contributed by atoms with Crippen LogP contribution in [-0.4, -0.2) is 25.0 Å². The van der Waals surface area contributed by atoms with Gasteiger partial charge in [-0.05, 0) is 60.1 Å². The number of carbonyl (C=O) groups is 1. The molecule has 0 bridgehead atoms. The van der Waals surface area contributed by atoms with Crippen molar-refractivity contribution in [2.75, 3.05) is 30.9 Å². The van der Waals surface area contributed by atoms with E-state index in [-0.39, 0.29) is 5.91 Å². The van der Waals surface area contributed by atoms with Gasteiger partial charge in [0.25, 0.3) is 5.91 Å². The van der Waals surface area contributed by atoms with Gasteiger partial charge >= 0.3 is 0 Å². The van der Waals surface area contributed by atoms with Crippen LogP contribution < -0.4 is 21.5 Å². The van der Waals surface area contributed by atoms with Gasteiger partial charge in [0, 0.05) is 46.9 Å². The quantitative estimate of drug-likeness (QED) is 0.238. The lowest BCUT2D eigenvalue weighted by molar-refractivity contribution is -0.110. The molecule has 1 amide bonds. The van der Waals surface area contributed by atoms with E-state index in [0.717, 1.165) is 52.4 Å². The number of rotatable bonds is 7. The maximum atomic E-state index is 13.2. The van der Waals surface area contributed by atoms with E-state index in [2.05, 4.69) is 35.5 Å². The minimum atomic E-state index is -0.165. The van der Waals surface area contributed by atoms with Gasteiger partial charge in [0.15, 0.2) is 0 Å². The highest BCUT2D eigenvalue weighted by Crippen LogP contribution is 2.42. The fraction of sp³-hybridized carbons (Fsp3) is 0.129. The first-order chi connectivity index (χ1) is 17.9. The number of nitrogens with one attached hydrogen (secondary N) is 1. The average molecular weight is 491 g/mol. The van der Waals surface area contributed by atoms with Crippen molar-refractivity contribution in [3.63, 3.8) is 0 Å². The lowest BCUT2D eigenvalue weighted by Gasteiger charge is -2.19. The maximum Gasteiger partial charge on any atom is 0.257 e.